The van der Waals surface area contributed by atoms with Gasteiger partial charge in [-0.3, -0.25) is 0 Å². The molecule has 7 aromatic carbocycles. The van der Waals surface area contributed by atoms with E-state index >= 15 is 0 Å². The van der Waals surface area contributed by atoms with Gasteiger partial charge < -0.3 is 4.42 Å². The van der Waals surface area contributed by atoms with E-state index in [2.05, 4.69) is 140 Å². The molecule has 0 fully saturated rings. The van der Waals surface area contributed by atoms with E-state index in [4.69, 9.17) is 19.4 Å². The molecule has 0 aliphatic heterocycles. The summed E-state index contributed by atoms with van der Waals surface area (Å²) < 4.78 is 6.26. The Balaban J connectivity index is 1.20. The lowest BCUT2D eigenvalue weighted by molar-refractivity contribution is 0.669. The molecule has 0 spiro atoms. The first-order valence-electron chi connectivity index (χ1n) is 15.7. The lowest BCUT2D eigenvalue weighted by atomic mass is 10.0. The van der Waals surface area contributed by atoms with Crippen molar-refractivity contribution in [2.75, 3.05) is 0 Å². The van der Waals surface area contributed by atoms with E-state index in [1.165, 1.54) is 16.5 Å². The molecule has 9 rings (SSSR count). The molecule has 4 heteroatoms. The summed E-state index contributed by atoms with van der Waals surface area (Å²) in [5, 5.41) is 4.40. The summed E-state index contributed by atoms with van der Waals surface area (Å²) in [5.74, 6) is 1.87. The van der Waals surface area contributed by atoms with Crippen LogP contribution in [0.1, 0.15) is 0 Å². The molecule has 0 bridgehead atoms. The van der Waals surface area contributed by atoms with Gasteiger partial charge in [-0.05, 0) is 69.4 Å². The minimum absolute atomic E-state index is 0.612. The molecule has 0 saturated carbocycles. The fourth-order valence-electron chi connectivity index (χ4n) is 6.26. The number of nitrogens with zero attached hydrogens (tertiary/aromatic N) is 3. The van der Waals surface area contributed by atoms with Gasteiger partial charge >= 0.3 is 0 Å². The molecule has 0 N–H and O–H groups in total. The van der Waals surface area contributed by atoms with Crippen LogP contribution in [0.4, 0.5) is 0 Å². The van der Waals surface area contributed by atoms with E-state index in [1.54, 1.807) is 0 Å². The molecule has 4 nitrogen and oxygen atoms in total. The van der Waals surface area contributed by atoms with Crippen LogP contribution < -0.4 is 0 Å². The average molecular weight is 602 g/mol. The van der Waals surface area contributed by atoms with E-state index in [1.807, 2.05) is 24.3 Å². The fraction of sp³-hybridized carbons (Fsp3) is 0. The Labute approximate surface area is 271 Å². The Morgan fingerprint density at radius 1 is 0.298 bits per heavy atom. The summed E-state index contributed by atoms with van der Waals surface area (Å²) in [4.78, 5) is 15.1. The molecular formula is C43H27N3O. The summed E-state index contributed by atoms with van der Waals surface area (Å²) >= 11 is 0. The normalized spacial score (nSPS) is 11.4. The van der Waals surface area contributed by atoms with Gasteiger partial charge in [0.2, 0.25) is 0 Å². The van der Waals surface area contributed by atoms with Gasteiger partial charge in [0, 0.05) is 27.5 Å². The molecule has 0 aliphatic carbocycles. The van der Waals surface area contributed by atoms with Gasteiger partial charge in [0.05, 0.1) is 0 Å². The minimum atomic E-state index is 0.612. The Hall–Kier alpha value is -6.39. The van der Waals surface area contributed by atoms with Crippen molar-refractivity contribution in [3.63, 3.8) is 0 Å². The number of hydrogen-bond acceptors (Lipinski definition) is 4. The molecule has 2 heterocycles. The van der Waals surface area contributed by atoms with E-state index in [0.717, 1.165) is 55.1 Å². The van der Waals surface area contributed by atoms with Crippen molar-refractivity contribution >= 4 is 32.7 Å². The second-order valence-corrected chi connectivity index (χ2v) is 11.7. The van der Waals surface area contributed by atoms with Crippen LogP contribution in [0.15, 0.2) is 168 Å². The zero-order chi connectivity index (χ0) is 31.2. The molecular weight excluding hydrogens is 574 g/mol. The molecule has 0 atom stereocenters. The summed E-state index contributed by atoms with van der Waals surface area (Å²) in [6.07, 6.45) is 0. The maximum Gasteiger partial charge on any atom is 0.164 e. The SMILES string of the molecule is c1ccc(-c2ccc(-c3nc(-c4ccc5ccccc5c4)nc(-c4ccc5oc6ccc(-c7ccccc7)cc6c5c4)n3)cc2)cc1. The van der Waals surface area contributed by atoms with Gasteiger partial charge in [0.15, 0.2) is 17.5 Å². The number of benzene rings is 7. The van der Waals surface area contributed by atoms with Crippen LogP contribution in [0.2, 0.25) is 0 Å². The summed E-state index contributed by atoms with van der Waals surface area (Å²) in [6, 6.07) is 56.5. The predicted octanol–water partition coefficient (Wildman–Crippen LogP) is 11.3. The van der Waals surface area contributed by atoms with Crippen LogP contribution in [0.5, 0.6) is 0 Å². The highest BCUT2D eigenvalue weighted by Gasteiger charge is 2.16. The Kier molecular flexibility index (Phi) is 6.43. The second-order valence-electron chi connectivity index (χ2n) is 11.7. The predicted molar refractivity (Wildman–Crippen MR) is 192 cm³/mol. The van der Waals surface area contributed by atoms with Crippen molar-refractivity contribution in [1.82, 2.24) is 15.0 Å². The van der Waals surface area contributed by atoms with E-state index in [0.29, 0.717) is 17.5 Å². The molecule has 0 saturated heterocycles. The fourth-order valence-corrected chi connectivity index (χ4v) is 6.26. The van der Waals surface area contributed by atoms with E-state index in [-0.39, 0.29) is 0 Å². The first-order chi connectivity index (χ1) is 23.2. The smallest absolute Gasteiger partial charge is 0.164 e. The Morgan fingerprint density at radius 2 is 0.723 bits per heavy atom. The van der Waals surface area contributed by atoms with Crippen LogP contribution in [-0.4, -0.2) is 15.0 Å². The Morgan fingerprint density at radius 3 is 1.38 bits per heavy atom. The molecule has 0 radical (unpaired) electrons. The van der Waals surface area contributed by atoms with Gasteiger partial charge in [-0.25, -0.2) is 15.0 Å². The molecule has 0 unspecified atom stereocenters. The van der Waals surface area contributed by atoms with Gasteiger partial charge in [0.25, 0.3) is 0 Å². The van der Waals surface area contributed by atoms with Crippen LogP contribution >= 0.6 is 0 Å². The number of rotatable bonds is 5. The molecule has 220 valence electrons. The summed E-state index contributed by atoms with van der Waals surface area (Å²) in [5.41, 5.74) is 9.07. The van der Waals surface area contributed by atoms with Gasteiger partial charge in [-0.2, -0.15) is 0 Å². The number of hydrogen-bond donors (Lipinski definition) is 0. The summed E-state index contributed by atoms with van der Waals surface area (Å²) in [7, 11) is 0. The van der Waals surface area contributed by atoms with Crippen molar-refractivity contribution < 1.29 is 4.42 Å². The first kappa shape index (κ1) is 27.0. The number of furan rings is 1. The zero-order valence-corrected chi connectivity index (χ0v) is 25.3. The summed E-state index contributed by atoms with van der Waals surface area (Å²) in [6.45, 7) is 0. The molecule has 2 aromatic heterocycles. The molecule has 0 aliphatic rings. The Bertz CT molecular complexity index is 2550. The molecule has 47 heavy (non-hydrogen) atoms. The third-order valence-electron chi connectivity index (χ3n) is 8.73. The quantitative estimate of drug-likeness (QED) is 0.197. The average Bonchev–Trinajstić information content (AvgIpc) is 3.52. The van der Waals surface area contributed by atoms with Crippen LogP contribution in [0.25, 0.3) is 89.1 Å². The first-order valence-corrected chi connectivity index (χ1v) is 15.7. The van der Waals surface area contributed by atoms with Crippen molar-refractivity contribution in [3.05, 3.63) is 164 Å². The van der Waals surface area contributed by atoms with Gasteiger partial charge in [0.1, 0.15) is 11.2 Å². The van der Waals surface area contributed by atoms with Crippen LogP contribution in [0.3, 0.4) is 0 Å². The largest absolute Gasteiger partial charge is 0.456 e. The van der Waals surface area contributed by atoms with Crippen molar-refractivity contribution in [3.8, 4) is 56.4 Å². The van der Waals surface area contributed by atoms with Crippen LogP contribution in [-0.2, 0) is 0 Å². The highest BCUT2D eigenvalue weighted by molar-refractivity contribution is 6.07. The maximum absolute atomic E-state index is 6.26. The van der Waals surface area contributed by atoms with Crippen molar-refractivity contribution in [1.29, 1.82) is 0 Å². The van der Waals surface area contributed by atoms with E-state index < -0.39 is 0 Å². The van der Waals surface area contributed by atoms with E-state index in [9.17, 15) is 0 Å². The number of aromatic nitrogens is 3. The lowest BCUT2D eigenvalue weighted by Crippen LogP contribution is -2.00. The molecule has 9 aromatic rings. The highest BCUT2D eigenvalue weighted by Crippen LogP contribution is 2.35. The van der Waals surface area contributed by atoms with Crippen molar-refractivity contribution in [2.24, 2.45) is 0 Å². The maximum atomic E-state index is 6.26. The second kappa shape index (κ2) is 11.2. The van der Waals surface area contributed by atoms with Gasteiger partial charge in [-0.15, -0.1) is 0 Å². The van der Waals surface area contributed by atoms with Crippen LogP contribution in [0, 0.1) is 0 Å². The van der Waals surface area contributed by atoms with Gasteiger partial charge in [-0.1, -0.05) is 127 Å². The third-order valence-corrected chi connectivity index (χ3v) is 8.73. The number of fused-ring (bicyclic) bond motifs is 4. The zero-order valence-electron chi connectivity index (χ0n) is 25.3. The highest BCUT2D eigenvalue weighted by atomic mass is 16.3. The lowest BCUT2D eigenvalue weighted by Gasteiger charge is -2.10. The minimum Gasteiger partial charge on any atom is -0.456 e. The van der Waals surface area contributed by atoms with Crippen molar-refractivity contribution in [2.45, 2.75) is 0 Å². The third kappa shape index (κ3) is 5.02. The molecule has 0 amide bonds. The standard InChI is InChI=1S/C43H27N3O/c1-3-9-28(10-4-1)31-15-18-32(19-16-31)41-44-42(35-20-17-30-13-7-8-14-33(30)25-35)46-43(45-41)36-22-24-40-38(27-36)37-26-34(21-23-39(37)47-40)29-11-5-2-6-12-29/h1-27H. The topological polar surface area (TPSA) is 51.8 Å². The monoisotopic (exact) mass is 601 g/mol.